The quantitative estimate of drug-likeness (QED) is 0.659. The lowest BCUT2D eigenvalue weighted by Crippen LogP contribution is -2.42. The average Bonchev–Trinajstić information content (AvgIpc) is 3.06. The molecule has 1 atom stereocenters. The third kappa shape index (κ3) is 4.15. The lowest BCUT2D eigenvalue weighted by Gasteiger charge is -2.14. The van der Waals surface area contributed by atoms with E-state index in [0.717, 1.165) is 23.8 Å². The molecule has 28 heavy (non-hydrogen) atoms. The Morgan fingerprint density at radius 2 is 1.86 bits per heavy atom. The van der Waals surface area contributed by atoms with Crippen LogP contribution in [-0.2, 0) is 26.2 Å². The standard InChI is InChI=1S/C19H26N6O3/c1-3-5-10-24-17-16(23(9-4-2)15(13-26)22-17)18(27)25(19(24)28)12-14(11-21)7-6-8-20/h14,26H,3-7,9-10,12-13H2,1-2H3. The van der Waals surface area contributed by atoms with Crippen molar-refractivity contribution in [1.82, 2.24) is 18.7 Å². The summed E-state index contributed by atoms with van der Waals surface area (Å²) in [4.78, 5) is 30.6. The molecule has 0 aliphatic rings. The fraction of sp³-hybridized carbons (Fsp3) is 0.632. The van der Waals surface area contributed by atoms with Gasteiger partial charge in [0.05, 0.1) is 18.1 Å². The molecule has 150 valence electrons. The number of nitriles is 2. The number of aryl methyl sites for hydroxylation is 2. The van der Waals surface area contributed by atoms with Gasteiger partial charge in [-0.05, 0) is 19.3 Å². The van der Waals surface area contributed by atoms with Crippen LogP contribution in [0, 0.1) is 28.6 Å². The Balaban J connectivity index is 2.75. The van der Waals surface area contributed by atoms with Crippen LogP contribution >= 0.6 is 0 Å². The summed E-state index contributed by atoms with van der Waals surface area (Å²) < 4.78 is 4.20. The Kier molecular flexibility index (Phi) is 7.53. The van der Waals surface area contributed by atoms with E-state index in [4.69, 9.17) is 5.26 Å². The van der Waals surface area contributed by atoms with E-state index in [2.05, 4.69) is 11.1 Å². The van der Waals surface area contributed by atoms with Crippen molar-refractivity contribution in [2.75, 3.05) is 0 Å². The van der Waals surface area contributed by atoms with E-state index in [9.17, 15) is 20.0 Å². The van der Waals surface area contributed by atoms with Crippen LogP contribution in [0.3, 0.4) is 0 Å². The molecule has 0 aliphatic heterocycles. The SMILES string of the molecule is CCCCn1c(=O)n(CC(C#N)CCC#N)c(=O)c2c1nc(CO)n2CCC. The number of unbranched alkanes of at least 4 members (excludes halogenated alkanes) is 1. The molecule has 9 heteroatoms. The van der Waals surface area contributed by atoms with Crippen LogP contribution in [0.1, 0.15) is 51.8 Å². The zero-order valence-corrected chi connectivity index (χ0v) is 16.4. The molecule has 1 unspecified atom stereocenters. The first-order valence-corrected chi connectivity index (χ1v) is 9.64. The van der Waals surface area contributed by atoms with Crippen LogP contribution in [0.2, 0.25) is 0 Å². The minimum Gasteiger partial charge on any atom is -0.388 e. The minimum atomic E-state index is -0.609. The average molecular weight is 386 g/mol. The van der Waals surface area contributed by atoms with E-state index >= 15 is 0 Å². The number of hydrogen-bond acceptors (Lipinski definition) is 6. The number of nitrogens with zero attached hydrogens (tertiary/aromatic N) is 6. The maximum absolute atomic E-state index is 13.2. The molecule has 2 heterocycles. The van der Waals surface area contributed by atoms with Gasteiger partial charge in [-0.1, -0.05) is 20.3 Å². The van der Waals surface area contributed by atoms with Gasteiger partial charge in [-0.3, -0.25) is 13.9 Å². The Morgan fingerprint density at radius 3 is 2.43 bits per heavy atom. The van der Waals surface area contributed by atoms with Crippen LogP contribution < -0.4 is 11.2 Å². The van der Waals surface area contributed by atoms with Gasteiger partial charge in [0, 0.05) is 26.1 Å². The van der Waals surface area contributed by atoms with E-state index < -0.39 is 17.2 Å². The maximum Gasteiger partial charge on any atom is 0.332 e. The Hall–Kier alpha value is -2.91. The molecule has 0 saturated heterocycles. The highest BCUT2D eigenvalue weighted by atomic mass is 16.3. The summed E-state index contributed by atoms with van der Waals surface area (Å²) in [7, 11) is 0. The van der Waals surface area contributed by atoms with Gasteiger partial charge in [0.25, 0.3) is 5.56 Å². The Morgan fingerprint density at radius 1 is 1.11 bits per heavy atom. The van der Waals surface area contributed by atoms with Gasteiger partial charge in [0.1, 0.15) is 12.4 Å². The number of aliphatic hydroxyl groups excluding tert-OH is 1. The van der Waals surface area contributed by atoms with Crippen LogP contribution in [0.5, 0.6) is 0 Å². The zero-order chi connectivity index (χ0) is 20.7. The molecule has 0 spiro atoms. The minimum absolute atomic E-state index is 0.0658. The van der Waals surface area contributed by atoms with Crippen molar-refractivity contribution >= 4 is 11.2 Å². The molecule has 0 aliphatic carbocycles. The van der Waals surface area contributed by atoms with Crippen molar-refractivity contribution in [2.24, 2.45) is 5.92 Å². The highest BCUT2D eigenvalue weighted by Crippen LogP contribution is 2.14. The van der Waals surface area contributed by atoms with E-state index in [1.54, 1.807) is 4.57 Å². The molecule has 2 aromatic rings. The first-order chi connectivity index (χ1) is 13.5. The van der Waals surface area contributed by atoms with Gasteiger partial charge in [0.15, 0.2) is 11.2 Å². The number of hydrogen-bond donors (Lipinski definition) is 1. The van der Waals surface area contributed by atoms with Gasteiger partial charge >= 0.3 is 5.69 Å². The second-order valence-corrected chi connectivity index (χ2v) is 6.74. The van der Waals surface area contributed by atoms with Gasteiger partial charge in [-0.15, -0.1) is 0 Å². The van der Waals surface area contributed by atoms with E-state index in [1.165, 1.54) is 4.57 Å². The molecular weight excluding hydrogens is 360 g/mol. The lowest BCUT2D eigenvalue weighted by atomic mass is 10.1. The molecule has 0 aromatic carbocycles. The maximum atomic E-state index is 13.2. The summed E-state index contributed by atoms with van der Waals surface area (Å²) in [6, 6.07) is 4.07. The summed E-state index contributed by atoms with van der Waals surface area (Å²) in [6.45, 7) is 4.44. The third-order valence-electron chi connectivity index (χ3n) is 4.71. The first-order valence-electron chi connectivity index (χ1n) is 9.64. The monoisotopic (exact) mass is 386 g/mol. The number of rotatable bonds is 10. The molecule has 0 amide bonds. The highest BCUT2D eigenvalue weighted by molar-refractivity contribution is 5.71. The first kappa shape index (κ1) is 21.4. The fourth-order valence-corrected chi connectivity index (χ4v) is 3.26. The van der Waals surface area contributed by atoms with E-state index in [-0.39, 0.29) is 30.7 Å². The normalized spacial score (nSPS) is 12.0. The third-order valence-corrected chi connectivity index (χ3v) is 4.71. The van der Waals surface area contributed by atoms with Crippen molar-refractivity contribution in [2.45, 2.75) is 72.2 Å². The van der Waals surface area contributed by atoms with Crippen LogP contribution in [0.25, 0.3) is 11.2 Å². The predicted molar refractivity (Wildman–Crippen MR) is 103 cm³/mol. The second-order valence-electron chi connectivity index (χ2n) is 6.74. The number of aromatic nitrogens is 4. The Labute approximate surface area is 163 Å². The van der Waals surface area contributed by atoms with Crippen LogP contribution in [0.15, 0.2) is 9.59 Å². The van der Waals surface area contributed by atoms with Crippen LogP contribution in [-0.4, -0.2) is 23.8 Å². The fourth-order valence-electron chi connectivity index (χ4n) is 3.26. The van der Waals surface area contributed by atoms with Crippen LogP contribution in [0.4, 0.5) is 0 Å². The van der Waals surface area contributed by atoms with Gasteiger partial charge in [0.2, 0.25) is 0 Å². The molecule has 0 saturated carbocycles. The zero-order valence-electron chi connectivity index (χ0n) is 16.4. The van der Waals surface area contributed by atoms with Crippen molar-refractivity contribution in [3.8, 4) is 12.1 Å². The second kappa shape index (κ2) is 9.86. The summed E-state index contributed by atoms with van der Waals surface area (Å²) >= 11 is 0. The van der Waals surface area contributed by atoms with Crippen molar-refractivity contribution in [1.29, 1.82) is 10.5 Å². The Bertz CT molecular complexity index is 1020. The summed E-state index contributed by atoms with van der Waals surface area (Å²) in [5.74, 6) is -0.264. The topological polar surface area (TPSA) is 130 Å². The van der Waals surface area contributed by atoms with Crippen molar-refractivity contribution < 1.29 is 5.11 Å². The number of imidazole rings is 1. The summed E-state index contributed by atoms with van der Waals surface area (Å²) in [6.07, 6.45) is 2.80. The number of aliphatic hydroxyl groups is 1. The molecule has 0 fully saturated rings. The largest absolute Gasteiger partial charge is 0.388 e. The molecule has 2 aromatic heterocycles. The molecule has 0 bridgehead atoms. The smallest absolute Gasteiger partial charge is 0.332 e. The summed E-state index contributed by atoms with van der Waals surface area (Å²) in [5, 5.41) is 27.8. The highest BCUT2D eigenvalue weighted by Gasteiger charge is 2.22. The lowest BCUT2D eigenvalue weighted by molar-refractivity contribution is 0.265. The molecule has 1 N–H and O–H groups in total. The molecule has 0 radical (unpaired) electrons. The van der Waals surface area contributed by atoms with Gasteiger partial charge in [-0.2, -0.15) is 10.5 Å². The van der Waals surface area contributed by atoms with E-state index in [1.807, 2.05) is 19.9 Å². The molecular formula is C19H26N6O3. The van der Waals surface area contributed by atoms with Gasteiger partial charge < -0.3 is 9.67 Å². The van der Waals surface area contributed by atoms with E-state index in [0.29, 0.717) is 25.3 Å². The van der Waals surface area contributed by atoms with Gasteiger partial charge in [-0.25, -0.2) is 9.78 Å². The summed E-state index contributed by atoms with van der Waals surface area (Å²) in [5.41, 5.74) is -0.458. The molecule has 2 rings (SSSR count). The predicted octanol–water partition coefficient (Wildman–Crippen LogP) is 1.51. The van der Waals surface area contributed by atoms with Crippen molar-refractivity contribution in [3.63, 3.8) is 0 Å². The number of fused-ring (bicyclic) bond motifs is 1. The molecule has 9 nitrogen and oxygen atoms in total. The van der Waals surface area contributed by atoms with Crippen molar-refractivity contribution in [3.05, 3.63) is 26.7 Å².